The molecule has 1 heterocycles. The van der Waals surface area contributed by atoms with Gasteiger partial charge in [0.15, 0.2) is 11.5 Å². The number of carbonyl (C=O) groups is 3. The zero-order valence-corrected chi connectivity index (χ0v) is 13.4. The number of nitrogens with zero attached hydrogens (tertiary/aromatic N) is 1. The Morgan fingerprint density at radius 2 is 1.67 bits per heavy atom. The molecular formula is C18H19NO5. The van der Waals surface area contributed by atoms with Gasteiger partial charge in [0.1, 0.15) is 0 Å². The van der Waals surface area contributed by atoms with Crippen LogP contribution in [-0.4, -0.2) is 36.3 Å². The molecule has 2 aliphatic rings. The maximum absolute atomic E-state index is 12.3. The molecule has 1 fully saturated rings. The van der Waals surface area contributed by atoms with Crippen molar-refractivity contribution in [2.75, 3.05) is 13.7 Å². The number of fused-ring (bicyclic) bond motifs is 1. The average Bonchev–Trinajstić information content (AvgIpc) is 2.85. The van der Waals surface area contributed by atoms with E-state index in [-0.39, 0.29) is 36.6 Å². The Morgan fingerprint density at radius 3 is 2.25 bits per heavy atom. The summed E-state index contributed by atoms with van der Waals surface area (Å²) in [6, 6.07) is 6.82. The predicted octanol–water partition coefficient (Wildman–Crippen LogP) is 1.94. The van der Waals surface area contributed by atoms with Crippen LogP contribution in [0.4, 0.5) is 0 Å². The van der Waals surface area contributed by atoms with Crippen molar-refractivity contribution in [3.63, 3.8) is 0 Å². The van der Waals surface area contributed by atoms with Gasteiger partial charge in [0.25, 0.3) is 0 Å². The van der Waals surface area contributed by atoms with Crippen LogP contribution in [0.2, 0.25) is 0 Å². The number of imide groups is 1. The van der Waals surface area contributed by atoms with E-state index < -0.39 is 5.97 Å². The first kappa shape index (κ1) is 16.2. The van der Waals surface area contributed by atoms with E-state index in [9.17, 15) is 14.4 Å². The number of hydrogen-bond acceptors (Lipinski definition) is 5. The summed E-state index contributed by atoms with van der Waals surface area (Å²) < 4.78 is 10.4. The first-order valence-corrected chi connectivity index (χ1v) is 7.95. The van der Waals surface area contributed by atoms with Crippen molar-refractivity contribution in [1.29, 1.82) is 0 Å². The van der Waals surface area contributed by atoms with E-state index in [0.29, 0.717) is 24.3 Å². The van der Waals surface area contributed by atoms with Gasteiger partial charge in [0.2, 0.25) is 11.8 Å². The zero-order valence-electron chi connectivity index (χ0n) is 13.4. The molecule has 0 N–H and O–H groups in total. The maximum atomic E-state index is 12.3. The molecule has 1 saturated heterocycles. The van der Waals surface area contributed by atoms with Gasteiger partial charge in [0, 0.05) is 6.54 Å². The minimum absolute atomic E-state index is 0.0393. The summed E-state index contributed by atoms with van der Waals surface area (Å²) in [4.78, 5) is 37.9. The first-order valence-electron chi connectivity index (χ1n) is 7.95. The van der Waals surface area contributed by atoms with Crippen molar-refractivity contribution < 1.29 is 23.9 Å². The second-order valence-electron chi connectivity index (χ2n) is 5.86. The van der Waals surface area contributed by atoms with Gasteiger partial charge in [0.05, 0.1) is 25.4 Å². The number of amides is 2. The highest BCUT2D eigenvalue weighted by atomic mass is 16.6. The molecule has 126 valence electrons. The molecule has 0 spiro atoms. The predicted molar refractivity (Wildman–Crippen MR) is 85.3 cm³/mol. The highest BCUT2D eigenvalue weighted by molar-refractivity contribution is 6.05. The second kappa shape index (κ2) is 6.86. The number of rotatable bonds is 5. The van der Waals surface area contributed by atoms with Gasteiger partial charge in [-0.15, -0.1) is 0 Å². The number of ether oxygens (including phenoxy) is 2. The zero-order chi connectivity index (χ0) is 17.1. The summed E-state index contributed by atoms with van der Waals surface area (Å²) >= 11 is 0. The molecule has 0 saturated carbocycles. The number of benzene rings is 1. The van der Waals surface area contributed by atoms with Crippen molar-refractivity contribution in [2.24, 2.45) is 11.8 Å². The number of allylic oxidation sites excluding steroid dienone is 2. The number of methoxy groups -OCH3 is 1. The van der Waals surface area contributed by atoms with Gasteiger partial charge < -0.3 is 9.47 Å². The van der Waals surface area contributed by atoms with E-state index in [4.69, 9.17) is 9.47 Å². The van der Waals surface area contributed by atoms with E-state index in [1.54, 1.807) is 24.3 Å². The molecular weight excluding hydrogens is 310 g/mol. The Bertz CT molecular complexity index is 670. The monoisotopic (exact) mass is 329 g/mol. The van der Waals surface area contributed by atoms with E-state index in [0.717, 1.165) is 0 Å². The number of carbonyl (C=O) groups excluding carboxylic acids is 3. The molecule has 0 unspecified atom stereocenters. The molecule has 1 aromatic rings. The van der Waals surface area contributed by atoms with Gasteiger partial charge >= 0.3 is 5.97 Å². The van der Waals surface area contributed by atoms with Crippen LogP contribution < -0.4 is 9.47 Å². The largest absolute Gasteiger partial charge is 0.493 e. The topological polar surface area (TPSA) is 72.9 Å². The van der Waals surface area contributed by atoms with Gasteiger partial charge in [-0.3, -0.25) is 19.3 Å². The van der Waals surface area contributed by atoms with Crippen LogP contribution >= 0.6 is 0 Å². The van der Waals surface area contributed by atoms with Crippen molar-refractivity contribution in [2.45, 2.75) is 19.3 Å². The fourth-order valence-corrected chi connectivity index (χ4v) is 3.17. The van der Waals surface area contributed by atoms with Gasteiger partial charge in [-0.25, -0.2) is 0 Å². The van der Waals surface area contributed by atoms with Crippen LogP contribution in [0.25, 0.3) is 0 Å². The third-order valence-corrected chi connectivity index (χ3v) is 4.43. The highest BCUT2D eigenvalue weighted by Crippen LogP contribution is 2.35. The molecule has 1 aliphatic heterocycles. The number of esters is 1. The lowest BCUT2D eigenvalue weighted by Gasteiger charge is -2.14. The third kappa shape index (κ3) is 3.04. The average molecular weight is 329 g/mol. The second-order valence-corrected chi connectivity index (χ2v) is 5.86. The first-order chi connectivity index (χ1) is 11.6. The van der Waals surface area contributed by atoms with Gasteiger partial charge in [-0.1, -0.05) is 24.3 Å². The molecule has 1 aliphatic carbocycles. The standard InChI is InChI=1S/C18H19NO5/c1-23-14-8-4-5-9-15(14)24-16(20)10-11-19-17(21)12-6-2-3-7-13(12)18(19)22/h2-5,8-9,12-13H,6-7,10-11H2,1H3/t12-,13-/m1/s1. The number of para-hydroxylation sites is 2. The molecule has 0 aromatic heterocycles. The lowest BCUT2D eigenvalue weighted by Crippen LogP contribution is -2.33. The molecule has 6 nitrogen and oxygen atoms in total. The summed E-state index contributed by atoms with van der Waals surface area (Å²) in [5.74, 6) is -0.634. The van der Waals surface area contributed by atoms with Crippen molar-refractivity contribution >= 4 is 17.8 Å². The number of likely N-dealkylation sites (tertiary alicyclic amines) is 1. The maximum Gasteiger partial charge on any atom is 0.313 e. The van der Waals surface area contributed by atoms with E-state index in [2.05, 4.69) is 0 Å². The van der Waals surface area contributed by atoms with Crippen LogP contribution in [0.3, 0.4) is 0 Å². The summed E-state index contributed by atoms with van der Waals surface area (Å²) in [6.45, 7) is 0.0542. The quantitative estimate of drug-likeness (QED) is 0.357. The minimum Gasteiger partial charge on any atom is -0.493 e. The number of hydrogen-bond donors (Lipinski definition) is 0. The molecule has 0 radical (unpaired) electrons. The molecule has 3 rings (SSSR count). The lowest BCUT2D eigenvalue weighted by molar-refractivity contribution is -0.141. The fraction of sp³-hybridized carbons (Fsp3) is 0.389. The van der Waals surface area contributed by atoms with E-state index >= 15 is 0 Å². The van der Waals surface area contributed by atoms with Gasteiger partial charge in [-0.2, -0.15) is 0 Å². The summed E-state index contributed by atoms with van der Waals surface area (Å²) in [6.07, 6.45) is 5.02. The van der Waals surface area contributed by atoms with Gasteiger partial charge in [-0.05, 0) is 25.0 Å². The summed E-state index contributed by atoms with van der Waals surface area (Å²) in [5.41, 5.74) is 0. The molecule has 6 heteroatoms. The van der Waals surface area contributed by atoms with Crippen molar-refractivity contribution in [3.8, 4) is 11.5 Å². The third-order valence-electron chi connectivity index (χ3n) is 4.43. The fourth-order valence-electron chi connectivity index (χ4n) is 3.17. The van der Waals surface area contributed by atoms with Crippen LogP contribution in [-0.2, 0) is 14.4 Å². The molecule has 0 bridgehead atoms. The van der Waals surface area contributed by atoms with Crippen LogP contribution in [0, 0.1) is 11.8 Å². The van der Waals surface area contributed by atoms with Crippen LogP contribution in [0.1, 0.15) is 19.3 Å². The Balaban J connectivity index is 1.58. The van der Waals surface area contributed by atoms with Crippen molar-refractivity contribution in [1.82, 2.24) is 4.90 Å². The summed E-state index contributed by atoms with van der Waals surface area (Å²) in [5, 5.41) is 0. The smallest absolute Gasteiger partial charge is 0.313 e. The Labute approximate surface area is 140 Å². The Hall–Kier alpha value is -2.63. The van der Waals surface area contributed by atoms with E-state index in [1.165, 1.54) is 12.0 Å². The minimum atomic E-state index is -0.506. The van der Waals surface area contributed by atoms with Crippen molar-refractivity contribution in [3.05, 3.63) is 36.4 Å². The van der Waals surface area contributed by atoms with Crippen LogP contribution in [0.5, 0.6) is 11.5 Å². The lowest BCUT2D eigenvalue weighted by atomic mass is 9.85. The Morgan fingerprint density at radius 1 is 1.08 bits per heavy atom. The summed E-state index contributed by atoms with van der Waals surface area (Å²) in [7, 11) is 1.49. The Kier molecular flexibility index (Phi) is 4.64. The normalized spacial score (nSPS) is 22.5. The molecule has 2 atom stereocenters. The molecule has 1 aromatic carbocycles. The highest BCUT2D eigenvalue weighted by Gasteiger charge is 2.46. The molecule has 2 amide bonds. The SMILES string of the molecule is COc1ccccc1OC(=O)CCN1C(=O)[C@@H]2CC=CC[C@H]2C1=O. The van der Waals surface area contributed by atoms with E-state index in [1.807, 2.05) is 12.2 Å². The molecule has 24 heavy (non-hydrogen) atoms. The van der Waals surface area contributed by atoms with Crippen LogP contribution in [0.15, 0.2) is 36.4 Å².